The van der Waals surface area contributed by atoms with Gasteiger partial charge in [0.1, 0.15) is 5.82 Å². The van der Waals surface area contributed by atoms with E-state index in [2.05, 4.69) is 20.3 Å². The normalized spacial score (nSPS) is 10.5. The number of thiazole rings is 1. The molecule has 0 atom stereocenters. The number of aryl methyl sites for hydroxylation is 1. The smallest absolute Gasteiger partial charge is 0.354 e. The predicted molar refractivity (Wildman–Crippen MR) is 93.5 cm³/mol. The summed E-state index contributed by atoms with van der Waals surface area (Å²) in [5.41, 5.74) is 1.76. The molecule has 0 bridgehead atoms. The minimum atomic E-state index is -1.08. The van der Waals surface area contributed by atoms with Gasteiger partial charge in [0.15, 0.2) is 11.5 Å². The highest BCUT2D eigenvalue weighted by Gasteiger charge is 2.11. The zero-order chi connectivity index (χ0) is 16.9. The van der Waals surface area contributed by atoms with Crippen molar-refractivity contribution in [2.45, 2.75) is 13.3 Å². The van der Waals surface area contributed by atoms with E-state index in [1.54, 1.807) is 11.3 Å². The molecule has 122 valence electrons. The van der Waals surface area contributed by atoms with E-state index in [1.807, 2.05) is 42.6 Å². The molecule has 0 amide bonds. The first-order chi connectivity index (χ1) is 11.6. The highest BCUT2D eigenvalue weighted by molar-refractivity contribution is 7.09. The molecule has 7 heteroatoms. The van der Waals surface area contributed by atoms with Crippen molar-refractivity contribution in [1.82, 2.24) is 15.0 Å². The third-order valence-corrected chi connectivity index (χ3v) is 4.15. The van der Waals surface area contributed by atoms with Crippen LogP contribution in [-0.2, 0) is 6.42 Å². The van der Waals surface area contributed by atoms with Gasteiger partial charge >= 0.3 is 5.97 Å². The van der Waals surface area contributed by atoms with Gasteiger partial charge in [0.25, 0.3) is 0 Å². The molecule has 2 heterocycles. The number of hydrogen-bond acceptors (Lipinski definition) is 6. The molecule has 3 aromatic rings. The van der Waals surface area contributed by atoms with Crippen LogP contribution in [0.25, 0.3) is 11.4 Å². The average Bonchev–Trinajstić information content (AvgIpc) is 3.01. The predicted octanol–water partition coefficient (Wildman–Crippen LogP) is 3.26. The second-order valence-corrected chi connectivity index (χ2v) is 6.23. The molecular formula is C17H16N4O2S. The van der Waals surface area contributed by atoms with Crippen molar-refractivity contribution >= 4 is 23.1 Å². The van der Waals surface area contributed by atoms with Crippen molar-refractivity contribution in [2.24, 2.45) is 0 Å². The zero-order valence-corrected chi connectivity index (χ0v) is 13.9. The number of carboxylic acid groups (broad SMARTS) is 1. The van der Waals surface area contributed by atoms with Gasteiger partial charge in [-0.2, -0.15) is 0 Å². The third kappa shape index (κ3) is 3.94. The minimum Gasteiger partial charge on any atom is -0.477 e. The fourth-order valence-electron chi connectivity index (χ4n) is 2.21. The summed E-state index contributed by atoms with van der Waals surface area (Å²) in [7, 11) is 0. The Labute approximate surface area is 143 Å². The van der Waals surface area contributed by atoms with E-state index >= 15 is 0 Å². The molecule has 2 N–H and O–H groups in total. The van der Waals surface area contributed by atoms with Crippen LogP contribution in [0.3, 0.4) is 0 Å². The number of benzene rings is 1. The van der Waals surface area contributed by atoms with Crippen LogP contribution in [-0.4, -0.2) is 32.6 Å². The lowest BCUT2D eigenvalue weighted by Gasteiger charge is -2.08. The third-order valence-electron chi connectivity index (χ3n) is 3.33. The maximum Gasteiger partial charge on any atom is 0.354 e. The van der Waals surface area contributed by atoms with E-state index in [1.165, 1.54) is 6.07 Å². The summed E-state index contributed by atoms with van der Waals surface area (Å²) in [6.07, 6.45) is 0.747. The Bertz CT molecular complexity index is 849. The Morgan fingerprint density at radius 1 is 1.21 bits per heavy atom. The summed E-state index contributed by atoms with van der Waals surface area (Å²) in [5.74, 6) is -0.191. The molecule has 24 heavy (non-hydrogen) atoms. The first-order valence-corrected chi connectivity index (χ1v) is 8.32. The fourth-order valence-corrected chi connectivity index (χ4v) is 2.85. The zero-order valence-electron chi connectivity index (χ0n) is 13.1. The molecule has 0 aliphatic rings. The summed E-state index contributed by atoms with van der Waals surface area (Å²) in [5, 5.41) is 15.5. The van der Waals surface area contributed by atoms with E-state index in [-0.39, 0.29) is 5.69 Å². The molecule has 0 aliphatic heterocycles. The van der Waals surface area contributed by atoms with Gasteiger partial charge in [0, 0.05) is 30.0 Å². The molecule has 0 unspecified atom stereocenters. The highest BCUT2D eigenvalue weighted by atomic mass is 32.1. The van der Waals surface area contributed by atoms with E-state index in [0.717, 1.165) is 22.7 Å². The summed E-state index contributed by atoms with van der Waals surface area (Å²) < 4.78 is 0. The van der Waals surface area contributed by atoms with Crippen LogP contribution in [0.1, 0.15) is 21.2 Å². The van der Waals surface area contributed by atoms with Crippen molar-refractivity contribution < 1.29 is 9.90 Å². The Morgan fingerprint density at radius 3 is 2.67 bits per heavy atom. The number of aromatic carboxylic acids is 1. The molecule has 0 saturated heterocycles. The molecule has 6 nitrogen and oxygen atoms in total. The highest BCUT2D eigenvalue weighted by Crippen LogP contribution is 2.18. The van der Waals surface area contributed by atoms with E-state index in [0.29, 0.717) is 18.2 Å². The van der Waals surface area contributed by atoms with Crippen LogP contribution < -0.4 is 5.32 Å². The van der Waals surface area contributed by atoms with Crippen LogP contribution in [0.5, 0.6) is 0 Å². The Kier molecular flexibility index (Phi) is 4.81. The number of hydrogen-bond donors (Lipinski definition) is 2. The molecule has 0 radical (unpaired) electrons. The summed E-state index contributed by atoms with van der Waals surface area (Å²) in [4.78, 5) is 24.2. The standard InChI is InChI=1S/C17H16N4O2S/c1-11-19-13(10-24-11)7-8-18-15-9-14(17(22)23)20-16(21-15)12-5-3-2-4-6-12/h2-6,9-10H,7-8H2,1H3,(H,22,23)(H,18,20,21). The maximum atomic E-state index is 11.3. The fraction of sp³-hybridized carbons (Fsp3) is 0.176. The minimum absolute atomic E-state index is 0.0316. The monoisotopic (exact) mass is 340 g/mol. The number of nitrogens with zero attached hydrogens (tertiary/aromatic N) is 3. The molecule has 0 aliphatic carbocycles. The van der Waals surface area contributed by atoms with Gasteiger partial charge in [0.2, 0.25) is 0 Å². The first kappa shape index (κ1) is 16.1. The van der Waals surface area contributed by atoms with Gasteiger partial charge in [-0.1, -0.05) is 30.3 Å². The van der Waals surface area contributed by atoms with Gasteiger partial charge in [-0.15, -0.1) is 11.3 Å². The molecule has 2 aromatic heterocycles. The quantitative estimate of drug-likeness (QED) is 0.716. The number of carboxylic acids is 1. The summed E-state index contributed by atoms with van der Waals surface area (Å²) >= 11 is 1.61. The Balaban J connectivity index is 1.79. The summed E-state index contributed by atoms with van der Waals surface area (Å²) in [6.45, 7) is 2.59. The van der Waals surface area contributed by atoms with Crippen LogP contribution in [0.15, 0.2) is 41.8 Å². The molecule has 0 saturated carbocycles. The van der Waals surface area contributed by atoms with Crippen LogP contribution in [0, 0.1) is 6.92 Å². The van der Waals surface area contributed by atoms with E-state index in [9.17, 15) is 9.90 Å². The van der Waals surface area contributed by atoms with Gasteiger partial charge in [-0.05, 0) is 6.92 Å². The Morgan fingerprint density at radius 2 is 2.00 bits per heavy atom. The van der Waals surface area contributed by atoms with Gasteiger partial charge in [0.05, 0.1) is 10.7 Å². The lowest BCUT2D eigenvalue weighted by atomic mass is 10.2. The van der Waals surface area contributed by atoms with Crippen molar-refractivity contribution in [3.05, 3.63) is 58.2 Å². The summed E-state index contributed by atoms with van der Waals surface area (Å²) in [6, 6.07) is 10.8. The van der Waals surface area contributed by atoms with Crippen LogP contribution in [0.2, 0.25) is 0 Å². The van der Waals surface area contributed by atoms with Gasteiger partial charge in [-0.3, -0.25) is 0 Å². The number of nitrogens with one attached hydrogen (secondary N) is 1. The second kappa shape index (κ2) is 7.18. The number of carbonyl (C=O) groups is 1. The van der Waals surface area contributed by atoms with Crippen molar-refractivity contribution in [1.29, 1.82) is 0 Å². The Hall–Kier alpha value is -2.80. The van der Waals surface area contributed by atoms with E-state index in [4.69, 9.17) is 0 Å². The molecule has 1 aromatic carbocycles. The largest absolute Gasteiger partial charge is 0.477 e. The SMILES string of the molecule is Cc1nc(CCNc2cc(C(=O)O)nc(-c3ccccc3)n2)cs1. The van der Waals surface area contributed by atoms with Crippen molar-refractivity contribution in [2.75, 3.05) is 11.9 Å². The maximum absolute atomic E-state index is 11.3. The first-order valence-electron chi connectivity index (χ1n) is 7.44. The lowest BCUT2D eigenvalue weighted by Crippen LogP contribution is -2.10. The lowest BCUT2D eigenvalue weighted by molar-refractivity contribution is 0.0690. The number of rotatable bonds is 6. The molecule has 3 rings (SSSR count). The van der Waals surface area contributed by atoms with E-state index < -0.39 is 5.97 Å². The van der Waals surface area contributed by atoms with Crippen LogP contribution in [0.4, 0.5) is 5.82 Å². The van der Waals surface area contributed by atoms with Crippen LogP contribution >= 0.6 is 11.3 Å². The van der Waals surface area contributed by atoms with Gasteiger partial charge in [-0.25, -0.2) is 19.7 Å². The topological polar surface area (TPSA) is 88.0 Å². The molecule has 0 fully saturated rings. The average molecular weight is 340 g/mol. The second-order valence-electron chi connectivity index (χ2n) is 5.17. The number of aromatic nitrogens is 3. The molecular weight excluding hydrogens is 324 g/mol. The van der Waals surface area contributed by atoms with Crippen molar-refractivity contribution in [3.8, 4) is 11.4 Å². The van der Waals surface area contributed by atoms with Gasteiger partial charge < -0.3 is 10.4 Å². The number of anilines is 1. The van der Waals surface area contributed by atoms with Crippen molar-refractivity contribution in [3.63, 3.8) is 0 Å². The molecule has 0 spiro atoms.